The number of methoxy groups -OCH3 is 1. The van der Waals surface area contributed by atoms with Gasteiger partial charge in [0.25, 0.3) is 0 Å². The second-order valence-electron chi connectivity index (χ2n) is 5.42. The molecule has 23 heavy (non-hydrogen) atoms. The van der Waals surface area contributed by atoms with Gasteiger partial charge in [0, 0.05) is 6.42 Å². The Morgan fingerprint density at radius 3 is 2.48 bits per heavy atom. The molecule has 0 fully saturated rings. The van der Waals surface area contributed by atoms with Gasteiger partial charge in [-0.25, -0.2) is 4.89 Å². The summed E-state index contributed by atoms with van der Waals surface area (Å²) < 4.78 is 4.60. The van der Waals surface area contributed by atoms with Gasteiger partial charge in [-0.3, -0.25) is 10.1 Å². The summed E-state index contributed by atoms with van der Waals surface area (Å²) in [5.41, 5.74) is 0. The third-order valence-corrected chi connectivity index (χ3v) is 3.43. The highest BCUT2D eigenvalue weighted by Crippen LogP contribution is 2.08. The van der Waals surface area contributed by atoms with Crippen LogP contribution >= 0.6 is 0 Å². The van der Waals surface area contributed by atoms with Crippen molar-refractivity contribution < 1.29 is 19.7 Å². The minimum Gasteiger partial charge on any atom is -0.469 e. The molecule has 0 bridgehead atoms. The van der Waals surface area contributed by atoms with Crippen LogP contribution in [0, 0.1) is 0 Å². The van der Waals surface area contributed by atoms with Crippen molar-refractivity contribution in [2.45, 2.75) is 70.8 Å². The van der Waals surface area contributed by atoms with E-state index in [-0.39, 0.29) is 12.1 Å². The molecule has 4 nitrogen and oxygen atoms in total. The fourth-order valence-electron chi connectivity index (χ4n) is 2.06. The third-order valence-electron chi connectivity index (χ3n) is 3.43. The Bertz CT molecular complexity index is 358. The lowest BCUT2D eigenvalue weighted by molar-refractivity contribution is -0.264. The quantitative estimate of drug-likeness (QED) is 0.156. The topological polar surface area (TPSA) is 55.8 Å². The number of ether oxygens (including phenoxy) is 1. The first-order chi connectivity index (χ1) is 11.2. The average molecular weight is 324 g/mol. The first-order valence-electron chi connectivity index (χ1n) is 8.58. The molecule has 0 saturated heterocycles. The van der Waals surface area contributed by atoms with E-state index in [1.54, 1.807) is 0 Å². The number of hydrogen-bond donors (Lipinski definition) is 1. The van der Waals surface area contributed by atoms with Gasteiger partial charge in [0.15, 0.2) is 0 Å². The van der Waals surface area contributed by atoms with Crippen LogP contribution in [0.3, 0.4) is 0 Å². The van der Waals surface area contributed by atoms with E-state index >= 15 is 0 Å². The Morgan fingerprint density at radius 2 is 1.78 bits per heavy atom. The monoisotopic (exact) mass is 324 g/mol. The van der Waals surface area contributed by atoms with Crippen LogP contribution in [0.2, 0.25) is 0 Å². The highest BCUT2D eigenvalue weighted by molar-refractivity contribution is 5.68. The molecule has 0 amide bonds. The Labute approximate surface area is 140 Å². The van der Waals surface area contributed by atoms with Crippen molar-refractivity contribution in [3.8, 4) is 0 Å². The van der Waals surface area contributed by atoms with Gasteiger partial charge in [0.2, 0.25) is 0 Å². The lowest BCUT2D eigenvalue weighted by Gasteiger charge is -2.05. The fraction of sp³-hybridized carbons (Fsp3) is 0.632. The number of allylic oxidation sites excluding steroid dienone is 4. The van der Waals surface area contributed by atoms with Gasteiger partial charge < -0.3 is 4.74 Å². The van der Waals surface area contributed by atoms with Crippen molar-refractivity contribution in [1.82, 2.24) is 0 Å². The van der Waals surface area contributed by atoms with Crippen molar-refractivity contribution in [3.63, 3.8) is 0 Å². The largest absolute Gasteiger partial charge is 0.469 e. The van der Waals surface area contributed by atoms with E-state index in [1.807, 2.05) is 18.2 Å². The fourth-order valence-corrected chi connectivity index (χ4v) is 2.06. The van der Waals surface area contributed by atoms with E-state index in [0.29, 0.717) is 12.8 Å². The van der Waals surface area contributed by atoms with E-state index < -0.39 is 0 Å². The van der Waals surface area contributed by atoms with E-state index in [2.05, 4.69) is 34.8 Å². The summed E-state index contributed by atoms with van der Waals surface area (Å²) in [6.45, 7) is 2.11. The number of rotatable bonds is 14. The van der Waals surface area contributed by atoms with E-state index in [1.165, 1.54) is 7.11 Å². The Morgan fingerprint density at radius 1 is 1.04 bits per heavy atom. The molecule has 0 aliphatic heterocycles. The van der Waals surface area contributed by atoms with Crippen LogP contribution in [0.25, 0.3) is 0 Å². The van der Waals surface area contributed by atoms with Crippen LogP contribution in [0.5, 0.6) is 0 Å². The van der Waals surface area contributed by atoms with Gasteiger partial charge in [-0.05, 0) is 38.5 Å². The standard InChI is InChI=1S/C19H32O4/c1-3-4-5-6-9-12-15-18(23-21)16-13-10-7-8-11-14-17-19(20)22-2/h4-5,9,12-13,16,18,21H,3,6-8,10-11,14-15,17H2,1-2H3/b5-4-,12-9-,16-13+. The molecule has 1 unspecified atom stereocenters. The molecular weight excluding hydrogens is 292 g/mol. The number of carbonyl (C=O) groups excluding carboxylic acids is 1. The Kier molecular flexibility index (Phi) is 15.9. The molecule has 0 aliphatic rings. The van der Waals surface area contributed by atoms with Crippen molar-refractivity contribution in [2.75, 3.05) is 7.11 Å². The molecule has 0 spiro atoms. The molecule has 0 aromatic carbocycles. The average Bonchev–Trinajstić information content (AvgIpc) is 2.57. The zero-order chi connectivity index (χ0) is 17.2. The van der Waals surface area contributed by atoms with Crippen LogP contribution in [0.4, 0.5) is 0 Å². The number of esters is 1. The van der Waals surface area contributed by atoms with Crippen molar-refractivity contribution in [3.05, 3.63) is 36.5 Å². The van der Waals surface area contributed by atoms with Crippen molar-refractivity contribution >= 4 is 5.97 Å². The van der Waals surface area contributed by atoms with Gasteiger partial charge in [0.1, 0.15) is 6.10 Å². The summed E-state index contributed by atoms with van der Waals surface area (Å²) in [5.74, 6) is -0.133. The predicted molar refractivity (Wildman–Crippen MR) is 94.2 cm³/mol. The van der Waals surface area contributed by atoms with Gasteiger partial charge in [-0.2, -0.15) is 0 Å². The molecule has 1 N–H and O–H groups in total. The van der Waals surface area contributed by atoms with E-state index in [0.717, 1.165) is 44.9 Å². The first kappa shape index (κ1) is 21.6. The van der Waals surface area contributed by atoms with Gasteiger partial charge in [-0.15, -0.1) is 0 Å². The van der Waals surface area contributed by atoms with Crippen LogP contribution in [-0.2, 0) is 14.4 Å². The lowest BCUT2D eigenvalue weighted by Crippen LogP contribution is -2.05. The van der Waals surface area contributed by atoms with E-state index in [4.69, 9.17) is 5.26 Å². The molecule has 132 valence electrons. The van der Waals surface area contributed by atoms with Crippen LogP contribution in [0.1, 0.15) is 64.7 Å². The molecule has 0 aromatic rings. The lowest BCUT2D eigenvalue weighted by atomic mass is 10.1. The molecule has 0 heterocycles. The molecule has 1 atom stereocenters. The van der Waals surface area contributed by atoms with Crippen LogP contribution < -0.4 is 0 Å². The molecule has 0 aromatic heterocycles. The zero-order valence-corrected chi connectivity index (χ0v) is 14.6. The molecule has 0 aliphatic carbocycles. The van der Waals surface area contributed by atoms with Crippen LogP contribution in [-0.4, -0.2) is 24.4 Å². The minimum absolute atomic E-state index is 0.133. The summed E-state index contributed by atoms with van der Waals surface area (Å²) in [7, 11) is 1.42. The molecular formula is C19H32O4. The minimum atomic E-state index is -0.277. The van der Waals surface area contributed by atoms with Gasteiger partial charge in [0.05, 0.1) is 7.11 Å². The maximum absolute atomic E-state index is 10.9. The maximum Gasteiger partial charge on any atom is 0.305 e. The van der Waals surface area contributed by atoms with E-state index in [9.17, 15) is 4.79 Å². The third kappa shape index (κ3) is 15.3. The number of carbonyl (C=O) groups is 1. The normalized spacial score (nSPS) is 13.3. The first-order valence-corrected chi connectivity index (χ1v) is 8.58. The predicted octanol–water partition coefficient (Wildman–Crippen LogP) is 5.22. The number of unbranched alkanes of at least 4 members (excludes halogenated alkanes) is 4. The highest BCUT2D eigenvalue weighted by atomic mass is 17.1. The zero-order valence-electron chi connectivity index (χ0n) is 14.6. The second-order valence-corrected chi connectivity index (χ2v) is 5.42. The summed E-state index contributed by atoms with van der Waals surface area (Å²) in [6, 6.07) is 0. The SMILES string of the molecule is CC/C=C\C/C=C\CC(/C=C/CCCCCCC(=O)OC)OO. The highest BCUT2D eigenvalue weighted by Gasteiger charge is 2.01. The molecule has 0 rings (SSSR count). The molecule has 4 heteroatoms. The number of hydrogen-bond acceptors (Lipinski definition) is 4. The Balaban J connectivity index is 3.65. The van der Waals surface area contributed by atoms with Crippen LogP contribution in [0.15, 0.2) is 36.5 Å². The van der Waals surface area contributed by atoms with Crippen molar-refractivity contribution in [2.24, 2.45) is 0 Å². The summed E-state index contributed by atoms with van der Waals surface area (Å²) >= 11 is 0. The summed E-state index contributed by atoms with van der Waals surface area (Å²) in [4.78, 5) is 15.4. The van der Waals surface area contributed by atoms with Crippen molar-refractivity contribution in [1.29, 1.82) is 0 Å². The van der Waals surface area contributed by atoms with Gasteiger partial charge in [-0.1, -0.05) is 56.2 Å². The smallest absolute Gasteiger partial charge is 0.305 e. The Hall–Kier alpha value is -1.39. The molecule has 0 saturated carbocycles. The summed E-state index contributed by atoms with van der Waals surface area (Å²) in [5, 5.41) is 8.87. The summed E-state index contributed by atoms with van der Waals surface area (Å²) in [6.07, 6.45) is 20.2. The second kappa shape index (κ2) is 17.0. The van der Waals surface area contributed by atoms with Gasteiger partial charge >= 0.3 is 5.97 Å². The molecule has 0 radical (unpaired) electrons. The maximum atomic E-state index is 10.9.